The molecule has 24 heavy (non-hydrogen) atoms. The van der Waals surface area contributed by atoms with Gasteiger partial charge in [0, 0.05) is 44.4 Å². The second-order valence-electron chi connectivity index (χ2n) is 6.34. The third kappa shape index (κ3) is 4.05. The van der Waals surface area contributed by atoms with Crippen molar-refractivity contribution in [2.75, 3.05) is 18.4 Å². The van der Waals surface area contributed by atoms with E-state index in [9.17, 15) is 9.90 Å². The summed E-state index contributed by atoms with van der Waals surface area (Å²) in [6.45, 7) is 3.31. The van der Waals surface area contributed by atoms with Crippen LogP contribution in [-0.4, -0.2) is 49.6 Å². The van der Waals surface area contributed by atoms with Crippen LogP contribution in [0.1, 0.15) is 35.7 Å². The van der Waals surface area contributed by atoms with Crippen molar-refractivity contribution in [3.05, 3.63) is 48.0 Å². The highest BCUT2D eigenvalue weighted by molar-refractivity contribution is 5.93. The Morgan fingerprint density at radius 1 is 1.38 bits per heavy atom. The van der Waals surface area contributed by atoms with Gasteiger partial charge in [0.2, 0.25) is 5.95 Å². The molecule has 0 bridgehead atoms. The highest BCUT2D eigenvalue weighted by Crippen LogP contribution is 2.21. The summed E-state index contributed by atoms with van der Waals surface area (Å²) < 4.78 is 0. The molecule has 2 aromatic heterocycles. The lowest BCUT2D eigenvalue weighted by Crippen LogP contribution is -2.48. The molecule has 1 amide bonds. The summed E-state index contributed by atoms with van der Waals surface area (Å²) in [7, 11) is 0. The Bertz CT molecular complexity index is 688. The van der Waals surface area contributed by atoms with E-state index in [0.29, 0.717) is 37.6 Å². The third-order valence-corrected chi connectivity index (χ3v) is 4.03. The van der Waals surface area contributed by atoms with E-state index in [1.807, 2.05) is 12.1 Å². The molecule has 0 saturated carbocycles. The van der Waals surface area contributed by atoms with Crippen LogP contribution in [0, 0.1) is 0 Å². The largest absolute Gasteiger partial charge is 0.388 e. The standard InChI is InChI=1S/C17H21N5O2/c1-17(24)5-3-7-22(12-17)15(23)14-10-20-16(21-11-14)19-9-13-4-2-6-18-8-13/h2,4,6,8,10-11,24H,3,5,7,9,12H2,1H3,(H,19,20,21). The molecule has 126 valence electrons. The predicted molar refractivity (Wildman–Crippen MR) is 89.4 cm³/mol. The predicted octanol–water partition coefficient (Wildman–Crippen LogP) is 1.47. The fraction of sp³-hybridized carbons (Fsp3) is 0.412. The van der Waals surface area contributed by atoms with Gasteiger partial charge in [-0.05, 0) is 31.4 Å². The Kier molecular flexibility index (Phi) is 4.71. The molecule has 7 heteroatoms. The van der Waals surface area contributed by atoms with Crippen LogP contribution in [0.5, 0.6) is 0 Å². The number of aliphatic hydroxyl groups is 1. The van der Waals surface area contributed by atoms with E-state index in [1.54, 1.807) is 24.2 Å². The highest BCUT2D eigenvalue weighted by Gasteiger charge is 2.31. The number of carbonyl (C=O) groups excluding carboxylic acids is 1. The Hall–Kier alpha value is -2.54. The van der Waals surface area contributed by atoms with Gasteiger partial charge in [0.05, 0.1) is 11.2 Å². The molecule has 1 saturated heterocycles. The van der Waals surface area contributed by atoms with Crippen molar-refractivity contribution in [2.24, 2.45) is 0 Å². The van der Waals surface area contributed by atoms with Crippen LogP contribution >= 0.6 is 0 Å². The third-order valence-electron chi connectivity index (χ3n) is 4.03. The lowest BCUT2D eigenvalue weighted by atomic mass is 9.95. The summed E-state index contributed by atoms with van der Waals surface area (Å²) in [6, 6.07) is 3.83. The van der Waals surface area contributed by atoms with E-state index in [0.717, 1.165) is 12.0 Å². The topological polar surface area (TPSA) is 91.2 Å². The van der Waals surface area contributed by atoms with Gasteiger partial charge in [0.25, 0.3) is 5.91 Å². The lowest BCUT2D eigenvalue weighted by Gasteiger charge is -2.36. The van der Waals surface area contributed by atoms with Crippen LogP contribution < -0.4 is 5.32 Å². The zero-order chi connectivity index (χ0) is 17.0. The molecule has 1 aliphatic rings. The Labute approximate surface area is 140 Å². The van der Waals surface area contributed by atoms with E-state index >= 15 is 0 Å². The fourth-order valence-corrected chi connectivity index (χ4v) is 2.79. The van der Waals surface area contributed by atoms with Crippen molar-refractivity contribution in [3.63, 3.8) is 0 Å². The number of hydrogen-bond donors (Lipinski definition) is 2. The van der Waals surface area contributed by atoms with Gasteiger partial charge < -0.3 is 15.3 Å². The number of likely N-dealkylation sites (tertiary alicyclic amines) is 1. The fourth-order valence-electron chi connectivity index (χ4n) is 2.79. The van der Waals surface area contributed by atoms with Crippen molar-refractivity contribution in [3.8, 4) is 0 Å². The maximum absolute atomic E-state index is 12.5. The van der Waals surface area contributed by atoms with E-state index in [1.165, 1.54) is 12.4 Å². The summed E-state index contributed by atoms with van der Waals surface area (Å²) in [5.74, 6) is 0.315. The SMILES string of the molecule is CC1(O)CCCN(C(=O)c2cnc(NCc3cccnc3)nc2)C1. The second kappa shape index (κ2) is 6.92. The van der Waals surface area contributed by atoms with Crippen molar-refractivity contribution < 1.29 is 9.90 Å². The second-order valence-corrected chi connectivity index (χ2v) is 6.34. The average Bonchev–Trinajstić information content (AvgIpc) is 2.60. The Morgan fingerprint density at radius 2 is 2.17 bits per heavy atom. The number of pyridine rings is 1. The number of rotatable bonds is 4. The van der Waals surface area contributed by atoms with E-state index in [-0.39, 0.29) is 5.91 Å². The quantitative estimate of drug-likeness (QED) is 0.884. The maximum Gasteiger partial charge on any atom is 0.257 e. The first-order valence-electron chi connectivity index (χ1n) is 8.00. The number of carbonyl (C=O) groups is 1. The van der Waals surface area contributed by atoms with Gasteiger partial charge in [-0.1, -0.05) is 6.07 Å². The van der Waals surface area contributed by atoms with Crippen LogP contribution in [0.15, 0.2) is 36.9 Å². The summed E-state index contributed by atoms with van der Waals surface area (Å²) >= 11 is 0. The van der Waals surface area contributed by atoms with Crippen LogP contribution in [0.2, 0.25) is 0 Å². The van der Waals surface area contributed by atoms with Crippen molar-refractivity contribution in [1.29, 1.82) is 0 Å². The maximum atomic E-state index is 12.5. The van der Waals surface area contributed by atoms with Gasteiger partial charge in [-0.3, -0.25) is 9.78 Å². The van der Waals surface area contributed by atoms with Gasteiger partial charge in [-0.25, -0.2) is 9.97 Å². The number of piperidine rings is 1. The number of β-amino-alcohol motifs (C(OH)–C–C–N with tert-alkyl or cyclic N) is 1. The number of nitrogens with zero attached hydrogens (tertiary/aromatic N) is 4. The molecule has 2 aromatic rings. The van der Waals surface area contributed by atoms with Gasteiger partial charge in [0.15, 0.2) is 0 Å². The summed E-state index contributed by atoms with van der Waals surface area (Å²) in [6.07, 6.45) is 8.04. The number of hydrogen-bond acceptors (Lipinski definition) is 6. The van der Waals surface area contributed by atoms with Gasteiger partial charge in [-0.2, -0.15) is 0 Å². The molecule has 0 radical (unpaired) electrons. The number of anilines is 1. The average molecular weight is 327 g/mol. The number of nitrogens with one attached hydrogen (secondary N) is 1. The minimum atomic E-state index is -0.819. The smallest absolute Gasteiger partial charge is 0.257 e. The summed E-state index contributed by atoms with van der Waals surface area (Å²) in [4.78, 5) is 26.6. The number of aromatic nitrogens is 3. The van der Waals surface area contributed by atoms with Crippen LogP contribution in [-0.2, 0) is 6.54 Å². The first-order valence-corrected chi connectivity index (χ1v) is 8.00. The van der Waals surface area contributed by atoms with Crippen LogP contribution in [0.4, 0.5) is 5.95 Å². The van der Waals surface area contributed by atoms with Crippen molar-refractivity contribution in [2.45, 2.75) is 31.9 Å². The molecular formula is C17H21N5O2. The van der Waals surface area contributed by atoms with Gasteiger partial charge in [0.1, 0.15) is 0 Å². The molecule has 1 unspecified atom stereocenters. The van der Waals surface area contributed by atoms with Gasteiger partial charge >= 0.3 is 0 Å². The van der Waals surface area contributed by atoms with E-state index in [4.69, 9.17) is 0 Å². The highest BCUT2D eigenvalue weighted by atomic mass is 16.3. The van der Waals surface area contributed by atoms with Gasteiger partial charge in [-0.15, -0.1) is 0 Å². The molecule has 0 spiro atoms. The Balaban J connectivity index is 1.60. The van der Waals surface area contributed by atoms with Crippen LogP contribution in [0.25, 0.3) is 0 Å². The normalized spacial score (nSPS) is 20.7. The molecule has 0 aromatic carbocycles. The van der Waals surface area contributed by atoms with Crippen molar-refractivity contribution in [1.82, 2.24) is 19.9 Å². The van der Waals surface area contributed by atoms with E-state index < -0.39 is 5.60 Å². The lowest BCUT2D eigenvalue weighted by molar-refractivity contribution is -0.0107. The summed E-state index contributed by atoms with van der Waals surface area (Å²) in [5, 5.41) is 13.2. The molecule has 3 rings (SSSR count). The molecule has 1 atom stereocenters. The number of amides is 1. The monoisotopic (exact) mass is 327 g/mol. The molecule has 0 aliphatic carbocycles. The first-order chi connectivity index (χ1) is 11.5. The minimum absolute atomic E-state index is 0.145. The molecular weight excluding hydrogens is 306 g/mol. The summed E-state index contributed by atoms with van der Waals surface area (Å²) in [5.41, 5.74) is 0.636. The molecule has 3 heterocycles. The molecule has 1 aliphatic heterocycles. The zero-order valence-electron chi connectivity index (χ0n) is 13.6. The van der Waals surface area contributed by atoms with E-state index in [2.05, 4.69) is 20.3 Å². The zero-order valence-corrected chi connectivity index (χ0v) is 13.6. The van der Waals surface area contributed by atoms with Crippen LogP contribution in [0.3, 0.4) is 0 Å². The first kappa shape index (κ1) is 16.3. The molecule has 7 nitrogen and oxygen atoms in total. The Morgan fingerprint density at radius 3 is 2.83 bits per heavy atom. The minimum Gasteiger partial charge on any atom is -0.388 e. The molecule has 2 N–H and O–H groups in total. The van der Waals surface area contributed by atoms with Crippen molar-refractivity contribution >= 4 is 11.9 Å². The molecule has 1 fully saturated rings.